The van der Waals surface area contributed by atoms with E-state index in [0.717, 1.165) is 11.1 Å². The standard InChI is InChI=1S/C27H14F4N4O/c28-23-22(24(29)26(31)27(25(23)30)34-35-32)21-13-18(15-4-2-1-3-5-15)19-12-16(8-11-20(19)33-21)14-6-9-17(36)10-7-14/h1-13,36H. The van der Waals surface area contributed by atoms with Crippen molar-refractivity contribution in [1.82, 2.24) is 4.98 Å². The van der Waals surface area contributed by atoms with Crippen LogP contribution in [-0.4, -0.2) is 10.1 Å². The number of benzene rings is 4. The fourth-order valence-corrected chi connectivity index (χ4v) is 4.02. The summed E-state index contributed by atoms with van der Waals surface area (Å²) >= 11 is 0. The highest BCUT2D eigenvalue weighted by atomic mass is 19.2. The summed E-state index contributed by atoms with van der Waals surface area (Å²) in [5, 5.41) is 13.0. The first-order valence-corrected chi connectivity index (χ1v) is 10.6. The van der Waals surface area contributed by atoms with Crippen molar-refractivity contribution in [3.63, 3.8) is 0 Å². The van der Waals surface area contributed by atoms with E-state index in [1.807, 2.05) is 6.07 Å². The van der Waals surface area contributed by atoms with Gasteiger partial charge in [0.1, 0.15) is 11.4 Å². The lowest BCUT2D eigenvalue weighted by Gasteiger charge is -2.14. The van der Waals surface area contributed by atoms with Crippen molar-refractivity contribution in [2.24, 2.45) is 5.11 Å². The van der Waals surface area contributed by atoms with Crippen molar-refractivity contribution in [2.45, 2.75) is 0 Å². The highest BCUT2D eigenvalue weighted by Crippen LogP contribution is 2.39. The van der Waals surface area contributed by atoms with Crippen molar-refractivity contribution >= 4 is 16.6 Å². The molecular formula is C27H14F4N4O. The topological polar surface area (TPSA) is 81.9 Å². The number of hydrogen-bond donors (Lipinski definition) is 1. The first-order chi connectivity index (χ1) is 17.4. The lowest BCUT2D eigenvalue weighted by Crippen LogP contribution is -2.02. The molecule has 176 valence electrons. The smallest absolute Gasteiger partial charge is 0.172 e. The molecule has 1 heterocycles. The van der Waals surface area contributed by atoms with Gasteiger partial charge in [-0.05, 0) is 58.1 Å². The van der Waals surface area contributed by atoms with E-state index in [4.69, 9.17) is 5.53 Å². The summed E-state index contributed by atoms with van der Waals surface area (Å²) in [6.07, 6.45) is 0. The molecule has 0 amide bonds. The summed E-state index contributed by atoms with van der Waals surface area (Å²) in [5.74, 6) is -6.95. The average molecular weight is 486 g/mol. The van der Waals surface area contributed by atoms with Crippen LogP contribution < -0.4 is 0 Å². The third-order valence-corrected chi connectivity index (χ3v) is 5.74. The Kier molecular flexibility index (Phi) is 5.76. The Hall–Kier alpha value is -4.88. The minimum atomic E-state index is -1.81. The number of hydrogen-bond acceptors (Lipinski definition) is 3. The SMILES string of the molecule is [N-]=[N+]=Nc1c(F)c(F)c(-c2cc(-c3ccccc3)c3cc(-c4ccc(O)cc4)ccc3n2)c(F)c1F. The molecule has 0 aliphatic heterocycles. The van der Waals surface area contributed by atoms with Gasteiger partial charge in [0.2, 0.25) is 0 Å². The monoisotopic (exact) mass is 486 g/mol. The van der Waals surface area contributed by atoms with E-state index in [0.29, 0.717) is 22.0 Å². The van der Waals surface area contributed by atoms with Crippen LogP contribution in [0.5, 0.6) is 5.75 Å². The van der Waals surface area contributed by atoms with Crippen LogP contribution in [0.1, 0.15) is 0 Å². The minimum Gasteiger partial charge on any atom is -0.508 e. The normalized spacial score (nSPS) is 10.9. The summed E-state index contributed by atoms with van der Waals surface area (Å²) in [5.41, 5.74) is 8.89. The molecule has 9 heteroatoms. The highest BCUT2D eigenvalue weighted by molar-refractivity contribution is 5.99. The predicted octanol–water partition coefficient (Wildman–Crippen LogP) is 8.44. The molecular weight excluding hydrogens is 472 g/mol. The maximum atomic E-state index is 14.9. The molecule has 36 heavy (non-hydrogen) atoms. The van der Waals surface area contributed by atoms with Crippen LogP contribution in [0.25, 0.3) is 54.9 Å². The molecule has 0 fully saturated rings. The van der Waals surface area contributed by atoms with Crippen molar-refractivity contribution in [2.75, 3.05) is 0 Å². The van der Waals surface area contributed by atoms with Crippen LogP contribution in [0, 0.1) is 23.3 Å². The van der Waals surface area contributed by atoms with E-state index in [1.54, 1.807) is 66.7 Å². The van der Waals surface area contributed by atoms with Gasteiger partial charge in [0.05, 0.1) is 16.8 Å². The van der Waals surface area contributed by atoms with Crippen molar-refractivity contribution < 1.29 is 22.7 Å². The van der Waals surface area contributed by atoms with E-state index < -0.39 is 34.5 Å². The van der Waals surface area contributed by atoms with Crippen LogP contribution in [0.15, 0.2) is 84.0 Å². The molecule has 1 N–H and O–H groups in total. The number of aromatic hydroxyl groups is 1. The number of azide groups is 1. The predicted molar refractivity (Wildman–Crippen MR) is 128 cm³/mol. The maximum absolute atomic E-state index is 14.9. The quantitative estimate of drug-likeness (QED) is 0.0909. The summed E-state index contributed by atoms with van der Waals surface area (Å²) < 4.78 is 58.9. The lowest BCUT2D eigenvalue weighted by atomic mass is 9.95. The zero-order valence-corrected chi connectivity index (χ0v) is 18.3. The Morgan fingerprint density at radius 3 is 2.00 bits per heavy atom. The molecule has 0 atom stereocenters. The largest absolute Gasteiger partial charge is 0.508 e. The molecule has 0 aliphatic carbocycles. The maximum Gasteiger partial charge on any atom is 0.172 e. The number of nitrogens with zero attached hydrogens (tertiary/aromatic N) is 4. The molecule has 0 unspecified atom stereocenters. The van der Waals surface area contributed by atoms with E-state index >= 15 is 0 Å². The van der Waals surface area contributed by atoms with Crippen LogP contribution in [-0.2, 0) is 0 Å². The molecule has 0 bridgehead atoms. The van der Waals surface area contributed by atoms with E-state index in [9.17, 15) is 22.7 Å². The number of pyridine rings is 1. The van der Waals surface area contributed by atoms with Gasteiger partial charge in [0.25, 0.3) is 0 Å². The van der Waals surface area contributed by atoms with Gasteiger partial charge in [-0.15, -0.1) is 0 Å². The number of halogens is 4. The number of fused-ring (bicyclic) bond motifs is 1. The van der Waals surface area contributed by atoms with Crippen molar-refractivity contribution in [3.8, 4) is 39.3 Å². The van der Waals surface area contributed by atoms with Crippen LogP contribution in [0.2, 0.25) is 0 Å². The lowest BCUT2D eigenvalue weighted by molar-refractivity contribution is 0.461. The first-order valence-electron chi connectivity index (χ1n) is 10.6. The fourth-order valence-electron chi connectivity index (χ4n) is 4.02. The third kappa shape index (κ3) is 3.87. The molecule has 5 aromatic rings. The first kappa shape index (κ1) is 22.9. The second kappa shape index (κ2) is 9.05. The van der Waals surface area contributed by atoms with Gasteiger partial charge in [0.15, 0.2) is 23.3 Å². The Morgan fingerprint density at radius 2 is 1.36 bits per heavy atom. The van der Waals surface area contributed by atoms with Gasteiger partial charge in [0, 0.05) is 10.3 Å². The highest BCUT2D eigenvalue weighted by Gasteiger charge is 2.27. The van der Waals surface area contributed by atoms with E-state index in [-0.39, 0.29) is 11.4 Å². The zero-order valence-electron chi connectivity index (χ0n) is 18.3. The van der Waals surface area contributed by atoms with Crippen LogP contribution >= 0.6 is 0 Å². The molecule has 5 nitrogen and oxygen atoms in total. The van der Waals surface area contributed by atoms with Crippen LogP contribution in [0.3, 0.4) is 0 Å². The molecule has 1 aromatic heterocycles. The second-order valence-corrected chi connectivity index (χ2v) is 7.87. The Morgan fingerprint density at radius 1 is 0.722 bits per heavy atom. The van der Waals surface area contributed by atoms with Gasteiger partial charge in [-0.25, -0.2) is 22.5 Å². The average Bonchev–Trinajstić information content (AvgIpc) is 2.90. The molecule has 0 saturated carbocycles. The summed E-state index contributed by atoms with van der Waals surface area (Å²) in [6, 6.07) is 22.0. The van der Waals surface area contributed by atoms with Gasteiger partial charge in [-0.1, -0.05) is 53.6 Å². The van der Waals surface area contributed by atoms with Gasteiger partial charge < -0.3 is 5.11 Å². The van der Waals surface area contributed by atoms with Crippen molar-refractivity contribution in [3.05, 3.63) is 113 Å². The molecule has 0 spiro atoms. The van der Waals surface area contributed by atoms with Gasteiger partial charge in [-0.2, -0.15) is 0 Å². The molecule has 4 aromatic carbocycles. The second-order valence-electron chi connectivity index (χ2n) is 7.87. The van der Waals surface area contributed by atoms with Crippen molar-refractivity contribution in [1.29, 1.82) is 0 Å². The fraction of sp³-hybridized carbons (Fsp3) is 0. The van der Waals surface area contributed by atoms with Gasteiger partial charge in [-0.3, -0.25) is 0 Å². The number of phenols is 1. The van der Waals surface area contributed by atoms with E-state index in [2.05, 4.69) is 15.0 Å². The number of rotatable bonds is 4. The third-order valence-electron chi connectivity index (χ3n) is 5.74. The summed E-state index contributed by atoms with van der Waals surface area (Å²) in [6.45, 7) is 0. The molecule has 5 rings (SSSR count). The minimum absolute atomic E-state index is 0.116. The number of phenolic OH excluding ortho intramolecular Hbond substituents is 1. The Balaban J connectivity index is 1.80. The Bertz CT molecular complexity index is 1650. The van der Waals surface area contributed by atoms with Crippen LogP contribution in [0.4, 0.5) is 23.2 Å². The molecule has 0 radical (unpaired) electrons. The summed E-state index contributed by atoms with van der Waals surface area (Å²) in [4.78, 5) is 6.53. The number of aromatic nitrogens is 1. The van der Waals surface area contributed by atoms with Gasteiger partial charge >= 0.3 is 0 Å². The summed E-state index contributed by atoms with van der Waals surface area (Å²) in [7, 11) is 0. The zero-order chi connectivity index (χ0) is 25.4. The Labute approximate surface area is 201 Å². The molecule has 0 saturated heterocycles. The van der Waals surface area contributed by atoms with E-state index in [1.165, 1.54) is 6.07 Å². The molecule has 0 aliphatic rings.